The molecule has 0 saturated carbocycles. The van der Waals surface area contributed by atoms with Crippen LogP contribution in [0.1, 0.15) is 34.7 Å². The highest BCUT2D eigenvalue weighted by Crippen LogP contribution is 2.11. The minimum Gasteiger partial charge on any atom is -0.478 e. The predicted molar refractivity (Wildman–Crippen MR) is 71.8 cm³/mol. The van der Waals surface area contributed by atoms with Gasteiger partial charge in [0, 0.05) is 18.7 Å². The fourth-order valence-corrected chi connectivity index (χ4v) is 1.72. The van der Waals surface area contributed by atoms with Gasteiger partial charge in [0.25, 0.3) is 0 Å². The lowest BCUT2D eigenvalue weighted by molar-refractivity contribution is 0.0696. The lowest BCUT2D eigenvalue weighted by Gasteiger charge is -2.07. The number of carboxylic acids is 1. The molecule has 106 valence electrons. The van der Waals surface area contributed by atoms with Gasteiger partial charge >= 0.3 is 5.97 Å². The van der Waals surface area contributed by atoms with Gasteiger partial charge in [0.15, 0.2) is 5.82 Å². The van der Waals surface area contributed by atoms with Crippen molar-refractivity contribution in [2.24, 2.45) is 0 Å². The quantitative estimate of drug-likeness (QED) is 0.827. The first-order valence-corrected chi connectivity index (χ1v) is 6.35. The van der Waals surface area contributed by atoms with Gasteiger partial charge in [0.1, 0.15) is 5.82 Å². The Hall–Kier alpha value is -2.44. The molecule has 0 aromatic carbocycles. The molecule has 2 aromatic heterocycles. The van der Waals surface area contributed by atoms with Crippen molar-refractivity contribution in [3.63, 3.8) is 0 Å². The van der Waals surface area contributed by atoms with E-state index in [-0.39, 0.29) is 5.56 Å². The third-order valence-corrected chi connectivity index (χ3v) is 2.70. The molecule has 0 atom stereocenters. The first-order valence-electron chi connectivity index (χ1n) is 6.35. The minimum absolute atomic E-state index is 0.230. The number of carboxylic acid groups (broad SMARTS) is 1. The van der Waals surface area contributed by atoms with Gasteiger partial charge in [-0.05, 0) is 25.5 Å². The van der Waals surface area contributed by atoms with Gasteiger partial charge in [0.2, 0.25) is 5.89 Å². The number of nitrogens with one attached hydrogen (secondary N) is 1. The maximum atomic E-state index is 11.0. The Kier molecular flexibility index (Phi) is 4.29. The van der Waals surface area contributed by atoms with Crippen molar-refractivity contribution in [1.82, 2.24) is 15.1 Å². The second-order valence-electron chi connectivity index (χ2n) is 4.30. The van der Waals surface area contributed by atoms with Crippen molar-refractivity contribution in [2.45, 2.75) is 26.7 Å². The van der Waals surface area contributed by atoms with Gasteiger partial charge in [0.05, 0.1) is 5.56 Å². The summed E-state index contributed by atoms with van der Waals surface area (Å²) in [5.74, 6) is 0.718. The second-order valence-corrected chi connectivity index (χ2v) is 4.30. The Morgan fingerprint density at radius 2 is 2.20 bits per heavy atom. The van der Waals surface area contributed by atoms with E-state index >= 15 is 0 Å². The van der Waals surface area contributed by atoms with Gasteiger partial charge in [-0.15, -0.1) is 0 Å². The molecule has 0 unspecified atom stereocenters. The van der Waals surface area contributed by atoms with E-state index in [1.165, 1.54) is 6.07 Å². The third kappa shape index (κ3) is 3.53. The van der Waals surface area contributed by atoms with Crippen molar-refractivity contribution in [3.8, 4) is 0 Å². The first kappa shape index (κ1) is 14.0. The van der Waals surface area contributed by atoms with E-state index in [0.29, 0.717) is 36.9 Å². The molecule has 0 bridgehead atoms. The van der Waals surface area contributed by atoms with Gasteiger partial charge in [-0.2, -0.15) is 4.98 Å². The fourth-order valence-electron chi connectivity index (χ4n) is 1.72. The highest BCUT2D eigenvalue weighted by atomic mass is 16.5. The van der Waals surface area contributed by atoms with E-state index < -0.39 is 5.97 Å². The Labute approximate surface area is 116 Å². The van der Waals surface area contributed by atoms with Crippen molar-refractivity contribution in [3.05, 3.63) is 35.1 Å². The summed E-state index contributed by atoms with van der Waals surface area (Å²) in [6, 6.07) is 3.09. The summed E-state index contributed by atoms with van der Waals surface area (Å²) in [5.41, 5.74) is 0.967. The van der Waals surface area contributed by atoms with Crippen LogP contribution in [0, 0.1) is 6.92 Å². The number of nitrogens with zero attached hydrogens (tertiary/aromatic N) is 3. The molecular weight excluding hydrogens is 260 g/mol. The standard InChI is InChI=1S/C13H16N4O3/c1-3-10-6-9(13(18)19)7-11(16-10)14-5-4-12-15-8(2)17-20-12/h6-7H,3-5H2,1-2H3,(H,14,16)(H,18,19). The molecule has 0 amide bonds. The number of hydrogen-bond donors (Lipinski definition) is 2. The van der Waals surface area contributed by atoms with Crippen LogP contribution in [-0.4, -0.2) is 32.7 Å². The summed E-state index contributed by atoms with van der Waals surface area (Å²) < 4.78 is 4.99. The summed E-state index contributed by atoms with van der Waals surface area (Å²) in [6.07, 6.45) is 1.24. The van der Waals surface area contributed by atoms with Gasteiger partial charge in [-0.1, -0.05) is 12.1 Å². The molecule has 2 aromatic rings. The van der Waals surface area contributed by atoms with Crippen molar-refractivity contribution < 1.29 is 14.4 Å². The molecular formula is C13H16N4O3. The molecule has 0 aliphatic carbocycles. The molecule has 2 N–H and O–H groups in total. The van der Waals surface area contributed by atoms with E-state index in [1.807, 2.05) is 6.92 Å². The Bertz CT molecular complexity index is 609. The van der Waals surface area contributed by atoms with E-state index in [2.05, 4.69) is 20.4 Å². The number of rotatable bonds is 6. The van der Waals surface area contributed by atoms with Crippen LogP contribution in [0.25, 0.3) is 0 Å². The molecule has 7 nitrogen and oxygen atoms in total. The molecule has 2 heterocycles. The summed E-state index contributed by atoms with van der Waals surface area (Å²) >= 11 is 0. The van der Waals surface area contributed by atoms with E-state index in [9.17, 15) is 4.79 Å². The van der Waals surface area contributed by atoms with Crippen LogP contribution >= 0.6 is 0 Å². The number of hydrogen-bond acceptors (Lipinski definition) is 6. The molecule has 2 rings (SSSR count). The monoisotopic (exact) mass is 276 g/mol. The second kappa shape index (κ2) is 6.14. The Morgan fingerprint density at radius 1 is 1.40 bits per heavy atom. The Morgan fingerprint density at radius 3 is 2.80 bits per heavy atom. The average molecular weight is 276 g/mol. The van der Waals surface area contributed by atoms with Crippen LogP contribution in [0.15, 0.2) is 16.7 Å². The highest BCUT2D eigenvalue weighted by molar-refractivity contribution is 5.88. The number of carbonyl (C=O) groups is 1. The summed E-state index contributed by atoms with van der Waals surface area (Å²) in [6.45, 7) is 4.23. The molecule has 0 radical (unpaired) electrons. The fraction of sp³-hybridized carbons (Fsp3) is 0.385. The van der Waals surface area contributed by atoms with E-state index in [1.54, 1.807) is 13.0 Å². The smallest absolute Gasteiger partial charge is 0.335 e. The number of aromatic nitrogens is 3. The molecule has 0 fully saturated rings. The van der Waals surface area contributed by atoms with Gasteiger partial charge in [-0.25, -0.2) is 9.78 Å². The maximum absolute atomic E-state index is 11.0. The van der Waals surface area contributed by atoms with E-state index in [4.69, 9.17) is 9.63 Å². The van der Waals surface area contributed by atoms with Crippen molar-refractivity contribution in [1.29, 1.82) is 0 Å². The van der Waals surface area contributed by atoms with Crippen LogP contribution in [-0.2, 0) is 12.8 Å². The lowest BCUT2D eigenvalue weighted by atomic mass is 10.2. The van der Waals surface area contributed by atoms with Gasteiger partial charge in [-0.3, -0.25) is 0 Å². The van der Waals surface area contributed by atoms with Crippen LogP contribution in [0.5, 0.6) is 0 Å². The normalized spacial score (nSPS) is 10.5. The number of anilines is 1. The maximum Gasteiger partial charge on any atom is 0.335 e. The number of aromatic carboxylic acids is 1. The first-order chi connectivity index (χ1) is 9.58. The van der Waals surface area contributed by atoms with Crippen LogP contribution in [0.3, 0.4) is 0 Å². The van der Waals surface area contributed by atoms with E-state index in [0.717, 1.165) is 5.69 Å². The largest absolute Gasteiger partial charge is 0.478 e. The minimum atomic E-state index is -0.960. The molecule has 0 saturated heterocycles. The van der Waals surface area contributed by atoms with Crippen LogP contribution in [0.2, 0.25) is 0 Å². The zero-order chi connectivity index (χ0) is 14.5. The summed E-state index contributed by atoms with van der Waals surface area (Å²) in [5, 5.41) is 15.8. The van der Waals surface area contributed by atoms with Gasteiger partial charge < -0.3 is 14.9 Å². The Balaban J connectivity index is 2.01. The number of pyridine rings is 1. The van der Waals surface area contributed by atoms with Crippen molar-refractivity contribution in [2.75, 3.05) is 11.9 Å². The molecule has 0 aliphatic heterocycles. The summed E-state index contributed by atoms with van der Waals surface area (Å²) in [4.78, 5) is 19.4. The molecule has 0 spiro atoms. The van der Waals surface area contributed by atoms with Crippen LogP contribution in [0.4, 0.5) is 5.82 Å². The topological polar surface area (TPSA) is 101 Å². The lowest BCUT2D eigenvalue weighted by Crippen LogP contribution is -2.09. The number of aryl methyl sites for hydroxylation is 2. The van der Waals surface area contributed by atoms with Crippen molar-refractivity contribution >= 4 is 11.8 Å². The zero-order valence-corrected chi connectivity index (χ0v) is 11.4. The average Bonchev–Trinajstić information content (AvgIpc) is 2.84. The molecule has 0 aliphatic rings. The summed E-state index contributed by atoms with van der Waals surface area (Å²) in [7, 11) is 0. The molecule has 20 heavy (non-hydrogen) atoms. The zero-order valence-electron chi connectivity index (χ0n) is 11.4. The van der Waals surface area contributed by atoms with Crippen LogP contribution < -0.4 is 5.32 Å². The predicted octanol–water partition coefficient (Wildman–Crippen LogP) is 1.69. The molecule has 7 heteroatoms. The highest BCUT2D eigenvalue weighted by Gasteiger charge is 2.08. The third-order valence-electron chi connectivity index (χ3n) is 2.70. The SMILES string of the molecule is CCc1cc(C(=O)O)cc(NCCc2nc(C)no2)n1.